The smallest absolute Gasteiger partial charge is 0.317 e. The van der Waals surface area contributed by atoms with E-state index in [-0.39, 0.29) is 6.03 Å². The van der Waals surface area contributed by atoms with Crippen LogP contribution in [0.1, 0.15) is 5.56 Å². The van der Waals surface area contributed by atoms with Crippen LogP contribution in [0.2, 0.25) is 5.02 Å². The van der Waals surface area contributed by atoms with Crippen LogP contribution in [0.5, 0.6) is 0 Å². The van der Waals surface area contributed by atoms with Crippen molar-refractivity contribution in [1.29, 1.82) is 0 Å². The monoisotopic (exact) mass is 227 g/mol. The molecule has 0 aliphatic heterocycles. The number of urea groups is 1. The second kappa shape index (κ2) is 4.89. The van der Waals surface area contributed by atoms with Crippen molar-refractivity contribution in [3.8, 4) is 0 Å². The number of carbonyl (C=O) groups excluding carboxylic acids is 1. The van der Waals surface area contributed by atoms with Gasteiger partial charge in [-0.05, 0) is 17.7 Å². The fourth-order valence-corrected chi connectivity index (χ4v) is 1.29. The van der Waals surface area contributed by atoms with E-state index < -0.39 is 0 Å². The first-order valence-electron chi connectivity index (χ1n) is 4.49. The number of nitrogens with zero attached hydrogens (tertiary/aromatic N) is 1. The maximum Gasteiger partial charge on any atom is 0.317 e. The molecule has 0 aliphatic rings. The van der Waals surface area contributed by atoms with Gasteiger partial charge in [-0.2, -0.15) is 0 Å². The molecule has 15 heavy (non-hydrogen) atoms. The molecule has 1 rings (SSSR count). The number of nitrogens with two attached hydrogens (primary N) is 1. The van der Waals surface area contributed by atoms with Crippen molar-refractivity contribution in [3.05, 3.63) is 28.8 Å². The summed E-state index contributed by atoms with van der Waals surface area (Å²) >= 11 is 5.95. The fraction of sp³-hybridized carbons (Fsp3) is 0.300. The third-order valence-corrected chi connectivity index (χ3v) is 2.27. The van der Waals surface area contributed by atoms with Crippen LogP contribution in [0.25, 0.3) is 0 Å². The zero-order valence-corrected chi connectivity index (χ0v) is 9.51. The van der Waals surface area contributed by atoms with E-state index in [1.165, 1.54) is 4.90 Å². The Kier molecular flexibility index (Phi) is 3.80. The number of hydrogen-bond donors (Lipinski definition) is 2. The Hall–Kier alpha value is -1.42. The zero-order valence-electron chi connectivity index (χ0n) is 8.75. The normalized spacial score (nSPS) is 9.80. The van der Waals surface area contributed by atoms with Crippen LogP contribution in [-0.4, -0.2) is 25.0 Å². The Balaban J connectivity index is 2.62. The van der Waals surface area contributed by atoms with Crippen molar-refractivity contribution in [3.63, 3.8) is 0 Å². The Morgan fingerprint density at radius 3 is 2.73 bits per heavy atom. The Bertz CT molecular complexity index is 366. The molecule has 1 aromatic carbocycles. The van der Waals surface area contributed by atoms with Crippen LogP contribution in [0.3, 0.4) is 0 Å². The molecule has 3 N–H and O–H groups in total. The zero-order chi connectivity index (χ0) is 11.4. The van der Waals surface area contributed by atoms with Crippen LogP contribution in [0, 0.1) is 0 Å². The lowest BCUT2D eigenvalue weighted by atomic mass is 10.2. The lowest BCUT2D eigenvalue weighted by Crippen LogP contribution is -2.33. The lowest BCUT2D eigenvalue weighted by Gasteiger charge is -2.12. The maximum atomic E-state index is 11.2. The van der Waals surface area contributed by atoms with Crippen molar-refractivity contribution >= 4 is 23.3 Å². The summed E-state index contributed by atoms with van der Waals surface area (Å²) in [5.74, 6) is 0. The third kappa shape index (κ3) is 3.32. The predicted molar refractivity (Wildman–Crippen MR) is 61.8 cm³/mol. The molecule has 0 heterocycles. The van der Waals surface area contributed by atoms with E-state index in [1.807, 2.05) is 0 Å². The van der Waals surface area contributed by atoms with Gasteiger partial charge in [-0.1, -0.05) is 17.7 Å². The highest BCUT2D eigenvalue weighted by atomic mass is 35.5. The quantitative estimate of drug-likeness (QED) is 0.756. The topological polar surface area (TPSA) is 58.4 Å². The maximum absolute atomic E-state index is 11.2. The molecule has 0 bridgehead atoms. The molecule has 0 unspecified atom stereocenters. The summed E-state index contributed by atoms with van der Waals surface area (Å²) in [4.78, 5) is 12.7. The van der Waals surface area contributed by atoms with Gasteiger partial charge in [0.15, 0.2) is 0 Å². The minimum Gasteiger partial charge on any atom is -0.399 e. The molecule has 4 nitrogen and oxygen atoms in total. The minimum atomic E-state index is -0.150. The molecule has 5 heteroatoms. The highest BCUT2D eigenvalue weighted by Gasteiger charge is 2.05. The Morgan fingerprint density at radius 2 is 2.20 bits per heavy atom. The number of rotatable bonds is 2. The molecular formula is C10H14ClN3O. The largest absolute Gasteiger partial charge is 0.399 e. The fourth-order valence-electron chi connectivity index (χ4n) is 1.04. The molecule has 0 spiro atoms. The van der Waals surface area contributed by atoms with E-state index in [9.17, 15) is 4.79 Å². The summed E-state index contributed by atoms with van der Waals surface area (Å²) in [6.07, 6.45) is 0. The van der Waals surface area contributed by atoms with Crippen molar-refractivity contribution in [1.82, 2.24) is 10.2 Å². The van der Waals surface area contributed by atoms with Gasteiger partial charge in [0, 0.05) is 31.4 Å². The number of hydrogen-bond acceptors (Lipinski definition) is 2. The van der Waals surface area contributed by atoms with E-state index >= 15 is 0 Å². The van der Waals surface area contributed by atoms with Crippen LogP contribution in [-0.2, 0) is 6.54 Å². The van der Waals surface area contributed by atoms with Crippen LogP contribution < -0.4 is 11.1 Å². The van der Waals surface area contributed by atoms with E-state index in [1.54, 1.807) is 32.3 Å². The minimum absolute atomic E-state index is 0.150. The number of halogens is 1. The third-order valence-electron chi connectivity index (χ3n) is 1.91. The van der Waals surface area contributed by atoms with Gasteiger partial charge in [0.1, 0.15) is 0 Å². The SMILES string of the molecule is CN(C)C(=O)NCc1ccc(N)cc1Cl. The van der Waals surface area contributed by atoms with Crippen molar-refractivity contribution in [2.75, 3.05) is 19.8 Å². The van der Waals surface area contributed by atoms with E-state index in [4.69, 9.17) is 17.3 Å². The molecule has 0 saturated carbocycles. The van der Waals surface area contributed by atoms with Gasteiger partial charge in [-0.25, -0.2) is 4.79 Å². The molecule has 82 valence electrons. The van der Waals surface area contributed by atoms with Gasteiger partial charge in [-0.15, -0.1) is 0 Å². The average Bonchev–Trinajstić information content (AvgIpc) is 2.15. The number of nitrogens with one attached hydrogen (secondary N) is 1. The van der Waals surface area contributed by atoms with Crippen LogP contribution >= 0.6 is 11.6 Å². The first-order valence-corrected chi connectivity index (χ1v) is 4.87. The van der Waals surface area contributed by atoms with Gasteiger partial charge in [-0.3, -0.25) is 0 Å². The number of benzene rings is 1. The van der Waals surface area contributed by atoms with Crippen LogP contribution in [0.4, 0.5) is 10.5 Å². The Morgan fingerprint density at radius 1 is 1.53 bits per heavy atom. The number of nitrogen functional groups attached to an aromatic ring is 1. The first kappa shape index (κ1) is 11.7. The van der Waals surface area contributed by atoms with Gasteiger partial charge in [0.05, 0.1) is 0 Å². The molecular weight excluding hydrogens is 214 g/mol. The summed E-state index contributed by atoms with van der Waals surface area (Å²) in [6.45, 7) is 0.399. The first-order chi connectivity index (χ1) is 7.00. The van der Waals surface area contributed by atoms with Crippen molar-refractivity contribution < 1.29 is 4.79 Å². The molecule has 1 aromatic rings. The van der Waals surface area contributed by atoms with Crippen molar-refractivity contribution in [2.45, 2.75) is 6.54 Å². The standard InChI is InChI=1S/C10H14ClN3O/c1-14(2)10(15)13-6-7-3-4-8(12)5-9(7)11/h3-5H,6,12H2,1-2H3,(H,13,15). The van der Waals surface area contributed by atoms with Gasteiger partial charge in [0.25, 0.3) is 0 Å². The van der Waals surface area contributed by atoms with Gasteiger partial charge < -0.3 is 16.0 Å². The Labute approximate surface area is 94.0 Å². The van der Waals surface area contributed by atoms with Crippen LogP contribution in [0.15, 0.2) is 18.2 Å². The lowest BCUT2D eigenvalue weighted by molar-refractivity contribution is 0.217. The van der Waals surface area contributed by atoms with Crippen molar-refractivity contribution in [2.24, 2.45) is 0 Å². The molecule has 0 aliphatic carbocycles. The highest BCUT2D eigenvalue weighted by Crippen LogP contribution is 2.18. The van der Waals surface area contributed by atoms with E-state index in [2.05, 4.69) is 5.32 Å². The number of anilines is 1. The summed E-state index contributed by atoms with van der Waals surface area (Å²) in [5.41, 5.74) is 7.01. The second-order valence-corrected chi connectivity index (χ2v) is 3.81. The number of amides is 2. The average molecular weight is 228 g/mol. The molecule has 0 radical (unpaired) electrons. The molecule has 0 atom stereocenters. The highest BCUT2D eigenvalue weighted by molar-refractivity contribution is 6.31. The van der Waals surface area contributed by atoms with Gasteiger partial charge >= 0.3 is 6.03 Å². The number of carbonyl (C=O) groups is 1. The van der Waals surface area contributed by atoms with E-state index in [0.717, 1.165) is 5.56 Å². The molecule has 0 fully saturated rings. The molecule has 0 saturated heterocycles. The van der Waals surface area contributed by atoms with Gasteiger partial charge in [0.2, 0.25) is 0 Å². The van der Waals surface area contributed by atoms with E-state index in [0.29, 0.717) is 17.3 Å². The molecule has 0 aromatic heterocycles. The summed E-state index contributed by atoms with van der Waals surface area (Å²) in [5, 5.41) is 3.28. The summed E-state index contributed by atoms with van der Waals surface area (Å²) in [6, 6.07) is 5.07. The molecule has 2 amide bonds. The predicted octanol–water partition coefficient (Wildman–Crippen LogP) is 1.69. The second-order valence-electron chi connectivity index (χ2n) is 3.40. The summed E-state index contributed by atoms with van der Waals surface area (Å²) in [7, 11) is 3.36. The summed E-state index contributed by atoms with van der Waals surface area (Å²) < 4.78 is 0.